The van der Waals surface area contributed by atoms with Crippen LogP contribution in [0.5, 0.6) is 0 Å². The van der Waals surface area contributed by atoms with Gasteiger partial charge in [0.15, 0.2) is 0 Å². The average molecular weight is 376 g/mol. The molecule has 3 amide bonds. The number of fused-ring (bicyclic) bond motifs is 1. The van der Waals surface area contributed by atoms with Gasteiger partial charge in [-0.25, -0.2) is 4.98 Å². The van der Waals surface area contributed by atoms with Crippen molar-refractivity contribution in [2.24, 2.45) is 0 Å². The molecule has 3 aliphatic rings. The zero-order valence-corrected chi connectivity index (χ0v) is 15.3. The monoisotopic (exact) mass is 376 g/mol. The predicted molar refractivity (Wildman–Crippen MR) is 102 cm³/mol. The highest BCUT2D eigenvalue weighted by Gasteiger charge is 2.39. The highest BCUT2D eigenvalue weighted by molar-refractivity contribution is 6.05. The van der Waals surface area contributed by atoms with Crippen LogP contribution in [0.2, 0.25) is 0 Å². The van der Waals surface area contributed by atoms with Gasteiger partial charge in [-0.3, -0.25) is 19.7 Å². The minimum absolute atomic E-state index is 0.168. The number of rotatable bonds is 3. The summed E-state index contributed by atoms with van der Waals surface area (Å²) < 4.78 is 0. The van der Waals surface area contributed by atoms with E-state index in [0.29, 0.717) is 30.3 Å². The molecule has 1 aromatic carbocycles. The van der Waals surface area contributed by atoms with E-state index in [9.17, 15) is 14.4 Å². The van der Waals surface area contributed by atoms with Gasteiger partial charge in [0.1, 0.15) is 11.9 Å². The summed E-state index contributed by atoms with van der Waals surface area (Å²) >= 11 is 0. The summed E-state index contributed by atoms with van der Waals surface area (Å²) in [5.74, 6) is 0.150. The summed E-state index contributed by atoms with van der Waals surface area (Å²) in [5.41, 5.74) is 10.4. The van der Waals surface area contributed by atoms with Crippen LogP contribution in [0.15, 0.2) is 30.3 Å². The Morgan fingerprint density at radius 1 is 1.07 bits per heavy atom. The zero-order valence-electron chi connectivity index (χ0n) is 15.3. The maximum absolute atomic E-state index is 12.8. The number of hydrogen-bond acceptors (Lipinski definition) is 5. The molecule has 1 saturated heterocycles. The Bertz CT molecular complexity index is 1030. The molecule has 3 heterocycles. The van der Waals surface area contributed by atoms with Crippen LogP contribution in [0.25, 0.3) is 11.3 Å². The number of nitrogens with zero attached hydrogens (tertiary/aromatic N) is 2. The molecule has 2 aliphatic heterocycles. The number of carbonyl (C=O) groups excluding carboxylic acids is 3. The lowest BCUT2D eigenvalue weighted by molar-refractivity contribution is -0.136. The zero-order chi connectivity index (χ0) is 19.4. The molecule has 1 atom stereocenters. The van der Waals surface area contributed by atoms with Crippen LogP contribution >= 0.6 is 0 Å². The molecule has 2 aromatic rings. The second-order valence-electron chi connectivity index (χ2n) is 7.72. The van der Waals surface area contributed by atoms with Crippen molar-refractivity contribution in [1.29, 1.82) is 0 Å². The van der Waals surface area contributed by atoms with E-state index in [1.807, 2.05) is 24.3 Å². The van der Waals surface area contributed by atoms with E-state index in [1.54, 1.807) is 11.0 Å². The fraction of sp³-hybridized carbons (Fsp3) is 0.333. The third-order valence-electron chi connectivity index (χ3n) is 5.76. The van der Waals surface area contributed by atoms with Crippen molar-refractivity contribution in [3.05, 3.63) is 47.0 Å². The highest BCUT2D eigenvalue weighted by atomic mass is 16.2. The lowest BCUT2D eigenvalue weighted by Gasteiger charge is -2.29. The van der Waals surface area contributed by atoms with Crippen molar-refractivity contribution in [2.75, 3.05) is 5.73 Å². The lowest BCUT2D eigenvalue weighted by Crippen LogP contribution is -2.52. The van der Waals surface area contributed by atoms with E-state index in [-0.39, 0.29) is 18.2 Å². The molecule has 2 fully saturated rings. The van der Waals surface area contributed by atoms with Crippen molar-refractivity contribution in [2.45, 2.75) is 44.2 Å². The molecule has 7 heteroatoms. The first kappa shape index (κ1) is 16.9. The molecule has 28 heavy (non-hydrogen) atoms. The van der Waals surface area contributed by atoms with Crippen LogP contribution in [0.3, 0.4) is 0 Å². The van der Waals surface area contributed by atoms with Gasteiger partial charge < -0.3 is 10.6 Å². The average Bonchev–Trinajstić information content (AvgIpc) is 3.46. The second kappa shape index (κ2) is 6.15. The molecule has 1 unspecified atom stereocenters. The number of carbonyl (C=O) groups is 3. The molecule has 7 nitrogen and oxygen atoms in total. The first-order valence-corrected chi connectivity index (χ1v) is 9.55. The summed E-state index contributed by atoms with van der Waals surface area (Å²) in [6.07, 6.45) is 2.93. The van der Waals surface area contributed by atoms with Gasteiger partial charge in [-0.1, -0.05) is 12.1 Å². The molecule has 0 spiro atoms. The minimum atomic E-state index is -0.603. The smallest absolute Gasteiger partial charge is 0.255 e. The van der Waals surface area contributed by atoms with Gasteiger partial charge in [0.05, 0.1) is 5.69 Å². The standard InChI is InChI=1S/C21H20N4O3/c22-17-7-5-14(11-1-2-11)19(23-17)12-3-4-15-13(9-12)10-25(21(15)28)16-6-8-18(26)24-20(16)27/h3-5,7,9,11,16H,1-2,6,8,10H2,(H2,22,23)(H,24,26,27). The molecular weight excluding hydrogens is 356 g/mol. The number of nitrogens with one attached hydrogen (secondary N) is 1. The van der Waals surface area contributed by atoms with Crippen LogP contribution in [0.1, 0.15) is 53.1 Å². The maximum atomic E-state index is 12.8. The number of benzene rings is 1. The summed E-state index contributed by atoms with van der Waals surface area (Å²) in [4.78, 5) is 42.5. The minimum Gasteiger partial charge on any atom is -0.384 e. The van der Waals surface area contributed by atoms with Crippen LogP contribution in [0.4, 0.5) is 5.82 Å². The van der Waals surface area contributed by atoms with Crippen molar-refractivity contribution in [1.82, 2.24) is 15.2 Å². The van der Waals surface area contributed by atoms with E-state index in [4.69, 9.17) is 5.73 Å². The van der Waals surface area contributed by atoms with E-state index >= 15 is 0 Å². The fourth-order valence-corrected chi connectivity index (χ4v) is 4.16. The Morgan fingerprint density at radius 3 is 2.64 bits per heavy atom. The number of pyridine rings is 1. The van der Waals surface area contributed by atoms with Crippen LogP contribution in [-0.4, -0.2) is 33.6 Å². The van der Waals surface area contributed by atoms with Gasteiger partial charge in [0, 0.05) is 24.1 Å². The number of nitrogens with two attached hydrogens (primary N) is 1. The first-order chi connectivity index (χ1) is 13.5. The molecular formula is C21H20N4O3. The number of hydrogen-bond donors (Lipinski definition) is 2. The summed E-state index contributed by atoms with van der Waals surface area (Å²) in [6.45, 7) is 0.357. The van der Waals surface area contributed by atoms with E-state index in [1.165, 1.54) is 5.56 Å². The molecule has 142 valence electrons. The topological polar surface area (TPSA) is 105 Å². The molecule has 3 N–H and O–H groups in total. The van der Waals surface area contributed by atoms with Crippen LogP contribution in [0, 0.1) is 0 Å². The quantitative estimate of drug-likeness (QED) is 0.797. The number of amides is 3. The molecule has 1 aliphatic carbocycles. The van der Waals surface area contributed by atoms with E-state index in [0.717, 1.165) is 29.7 Å². The Kier molecular flexibility index (Phi) is 3.72. The highest BCUT2D eigenvalue weighted by Crippen LogP contribution is 2.44. The predicted octanol–water partition coefficient (Wildman–Crippen LogP) is 1.97. The molecule has 1 aromatic heterocycles. The summed E-state index contributed by atoms with van der Waals surface area (Å²) in [5, 5.41) is 2.33. The number of anilines is 1. The third kappa shape index (κ3) is 2.74. The van der Waals surface area contributed by atoms with Crippen molar-refractivity contribution in [3.63, 3.8) is 0 Å². The van der Waals surface area contributed by atoms with Gasteiger partial charge in [-0.05, 0) is 54.5 Å². The molecule has 0 radical (unpaired) electrons. The number of aromatic nitrogens is 1. The second-order valence-corrected chi connectivity index (χ2v) is 7.72. The van der Waals surface area contributed by atoms with E-state index < -0.39 is 11.9 Å². The Hall–Kier alpha value is -3.22. The van der Waals surface area contributed by atoms with Crippen molar-refractivity contribution >= 4 is 23.5 Å². The summed E-state index contributed by atoms with van der Waals surface area (Å²) in [6, 6.07) is 8.96. The molecule has 5 rings (SSSR count). The van der Waals surface area contributed by atoms with Gasteiger partial charge in [0.25, 0.3) is 5.91 Å². The molecule has 0 bridgehead atoms. The lowest BCUT2D eigenvalue weighted by atomic mass is 9.99. The third-order valence-corrected chi connectivity index (χ3v) is 5.76. The van der Waals surface area contributed by atoms with Gasteiger partial charge >= 0.3 is 0 Å². The van der Waals surface area contributed by atoms with Crippen LogP contribution in [-0.2, 0) is 16.1 Å². The first-order valence-electron chi connectivity index (χ1n) is 9.55. The largest absolute Gasteiger partial charge is 0.384 e. The van der Waals surface area contributed by atoms with Gasteiger partial charge in [0.2, 0.25) is 11.8 Å². The van der Waals surface area contributed by atoms with E-state index in [2.05, 4.69) is 10.3 Å². The SMILES string of the molecule is Nc1ccc(C2CC2)c(-c2ccc3c(c2)CN(C2CCC(=O)NC2=O)C3=O)n1. The Balaban J connectivity index is 1.48. The number of nitrogen functional groups attached to an aromatic ring is 1. The van der Waals surface area contributed by atoms with Crippen molar-refractivity contribution in [3.8, 4) is 11.3 Å². The van der Waals surface area contributed by atoms with Crippen LogP contribution < -0.4 is 11.1 Å². The normalized spacial score (nSPS) is 21.6. The number of imide groups is 1. The van der Waals surface area contributed by atoms with Gasteiger partial charge in [-0.2, -0.15) is 0 Å². The molecule has 1 saturated carbocycles. The Morgan fingerprint density at radius 2 is 1.89 bits per heavy atom. The Labute approximate surface area is 161 Å². The number of piperidine rings is 1. The summed E-state index contributed by atoms with van der Waals surface area (Å²) in [7, 11) is 0. The maximum Gasteiger partial charge on any atom is 0.255 e. The van der Waals surface area contributed by atoms with Gasteiger partial charge in [-0.15, -0.1) is 0 Å². The fourth-order valence-electron chi connectivity index (χ4n) is 4.16. The van der Waals surface area contributed by atoms with Crippen molar-refractivity contribution < 1.29 is 14.4 Å².